The Morgan fingerprint density at radius 3 is 2.79 bits per heavy atom. The minimum Gasteiger partial charge on any atom is -0.446 e. The summed E-state index contributed by atoms with van der Waals surface area (Å²) >= 11 is 2.15. The molecule has 80 valence electrons. The summed E-state index contributed by atoms with van der Waals surface area (Å²) in [4.78, 5) is 11.3. The maximum Gasteiger partial charge on any atom is 0.408 e. The van der Waals surface area contributed by atoms with Gasteiger partial charge in [0.1, 0.15) is 6.10 Å². The summed E-state index contributed by atoms with van der Waals surface area (Å²) < 4.78 is 5.48. The lowest BCUT2D eigenvalue weighted by atomic mass is 10.1. The van der Waals surface area contributed by atoms with Gasteiger partial charge in [-0.1, -0.05) is 22.6 Å². The molecule has 2 rings (SSSR count). The van der Waals surface area contributed by atoms with E-state index in [2.05, 4.69) is 27.9 Å². The highest BCUT2D eigenvalue weighted by Crippen LogP contribution is 2.58. The van der Waals surface area contributed by atoms with Gasteiger partial charge in [0.05, 0.1) is 4.05 Å². The number of hydrogen-bond donors (Lipinski definition) is 1. The van der Waals surface area contributed by atoms with Crippen LogP contribution in [-0.4, -0.2) is 16.2 Å². The highest BCUT2D eigenvalue weighted by molar-refractivity contribution is 14.1. The molecule has 2 fully saturated rings. The van der Waals surface area contributed by atoms with E-state index in [1.165, 1.54) is 19.3 Å². The van der Waals surface area contributed by atoms with Crippen LogP contribution in [-0.2, 0) is 4.74 Å². The van der Waals surface area contributed by atoms with E-state index in [0.717, 1.165) is 12.8 Å². The van der Waals surface area contributed by atoms with E-state index in [1.54, 1.807) is 0 Å². The Labute approximate surface area is 98.1 Å². The molecule has 1 amide bonds. The van der Waals surface area contributed by atoms with E-state index in [0.29, 0.717) is 5.41 Å². The molecule has 0 saturated heterocycles. The molecule has 2 unspecified atom stereocenters. The SMILES string of the molecule is CC(I)NC(=O)OC1CCC2(CC2)C1. The number of amides is 1. The molecule has 2 atom stereocenters. The van der Waals surface area contributed by atoms with Crippen molar-refractivity contribution in [2.24, 2.45) is 5.41 Å². The maximum absolute atomic E-state index is 11.3. The second-order valence-electron chi connectivity index (χ2n) is 4.53. The van der Waals surface area contributed by atoms with Gasteiger partial charge in [0.25, 0.3) is 0 Å². The van der Waals surface area contributed by atoms with E-state index in [1.807, 2.05) is 6.92 Å². The van der Waals surface area contributed by atoms with E-state index in [-0.39, 0.29) is 16.2 Å². The van der Waals surface area contributed by atoms with Crippen LogP contribution in [0.25, 0.3) is 0 Å². The summed E-state index contributed by atoms with van der Waals surface area (Å²) in [5, 5.41) is 2.74. The Bertz CT molecular complexity index is 238. The first-order valence-electron chi connectivity index (χ1n) is 5.21. The van der Waals surface area contributed by atoms with Crippen LogP contribution in [0.1, 0.15) is 39.0 Å². The topological polar surface area (TPSA) is 38.3 Å². The summed E-state index contributed by atoms with van der Waals surface area (Å²) in [5.41, 5.74) is 0.584. The largest absolute Gasteiger partial charge is 0.446 e. The molecule has 1 spiro atoms. The fraction of sp³-hybridized carbons (Fsp3) is 0.900. The summed E-state index contributed by atoms with van der Waals surface area (Å²) in [6, 6.07) is 0. The number of ether oxygens (including phenoxy) is 1. The highest BCUT2D eigenvalue weighted by Gasteiger charge is 2.49. The van der Waals surface area contributed by atoms with E-state index in [4.69, 9.17) is 4.74 Å². The quantitative estimate of drug-likeness (QED) is 0.484. The zero-order chi connectivity index (χ0) is 10.2. The molecule has 1 N–H and O–H groups in total. The molecule has 0 aliphatic heterocycles. The Hall–Kier alpha value is 0. The number of alkyl carbamates (subject to hydrolysis) is 1. The zero-order valence-corrected chi connectivity index (χ0v) is 10.5. The van der Waals surface area contributed by atoms with Gasteiger partial charge in [0.15, 0.2) is 0 Å². The van der Waals surface area contributed by atoms with Gasteiger partial charge in [-0.3, -0.25) is 0 Å². The Kier molecular flexibility index (Phi) is 2.91. The molecular weight excluding hydrogens is 293 g/mol. The third-order valence-corrected chi connectivity index (χ3v) is 3.52. The number of halogens is 1. The number of carbonyl (C=O) groups excluding carboxylic acids is 1. The van der Waals surface area contributed by atoms with Crippen molar-refractivity contribution in [2.75, 3.05) is 0 Å². The lowest BCUT2D eigenvalue weighted by molar-refractivity contribution is 0.0980. The van der Waals surface area contributed by atoms with Crippen LogP contribution in [0.3, 0.4) is 0 Å². The van der Waals surface area contributed by atoms with Gasteiger partial charge in [-0.25, -0.2) is 4.79 Å². The predicted molar refractivity (Wildman–Crippen MR) is 62.4 cm³/mol. The van der Waals surface area contributed by atoms with E-state index in [9.17, 15) is 4.79 Å². The summed E-state index contributed by atoms with van der Waals surface area (Å²) in [6.07, 6.45) is 6.01. The molecule has 14 heavy (non-hydrogen) atoms. The van der Waals surface area contributed by atoms with Crippen LogP contribution < -0.4 is 5.32 Å². The first-order chi connectivity index (χ1) is 6.60. The fourth-order valence-corrected chi connectivity index (χ4v) is 2.49. The Balaban J connectivity index is 1.73. The monoisotopic (exact) mass is 309 g/mol. The van der Waals surface area contributed by atoms with Gasteiger partial charge < -0.3 is 10.1 Å². The zero-order valence-electron chi connectivity index (χ0n) is 8.38. The Morgan fingerprint density at radius 2 is 2.29 bits per heavy atom. The van der Waals surface area contributed by atoms with Gasteiger partial charge in [0, 0.05) is 0 Å². The summed E-state index contributed by atoms with van der Waals surface area (Å²) in [5.74, 6) is 0. The van der Waals surface area contributed by atoms with Crippen molar-refractivity contribution in [3.63, 3.8) is 0 Å². The first kappa shape index (κ1) is 10.5. The second-order valence-corrected chi connectivity index (χ2v) is 6.40. The molecule has 0 aromatic rings. The lowest BCUT2D eigenvalue weighted by Gasteiger charge is -2.13. The van der Waals surface area contributed by atoms with Gasteiger partial charge in [-0.15, -0.1) is 0 Å². The summed E-state index contributed by atoms with van der Waals surface area (Å²) in [7, 11) is 0. The average Bonchev–Trinajstić information content (AvgIpc) is 2.67. The third kappa shape index (κ3) is 2.52. The molecule has 0 aromatic heterocycles. The highest BCUT2D eigenvalue weighted by atomic mass is 127. The normalized spacial score (nSPS) is 30.0. The maximum atomic E-state index is 11.3. The van der Waals surface area contributed by atoms with Gasteiger partial charge in [-0.05, 0) is 44.4 Å². The summed E-state index contributed by atoms with van der Waals surface area (Å²) in [6.45, 7) is 1.93. The van der Waals surface area contributed by atoms with Gasteiger partial charge >= 0.3 is 6.09 Å². The lowest BCUT2D eigenvalue weighted by Crippen LogP contribution is -2.31. The molecule has 0 radical (unpaired) electrons. The van der Waals surface area contributed by atoms with E-state index >= 15 is 0 Å². The van der Waals surface area contributed by atoms with E-state index < -0.39 is 0 Å². The van der Waals surface area contributed by atoms with Crippen molar-refractivity contribution in [3.8, 4) is 0 Å². The van der Waals surface area contributed by atoms with Crippen molar-refractivity contribution in [1.29, 1.82) is 0 Å². The standard InChI is InChI=1S/C10H16INO2/c1-7(11)12-9(13)14-8-2-3-10(6-8)4-5-10/h7-8H,2-6H2,1H3,(H,12,13). The number of rotatable bonds is 2. The molecule has 2 aliphatic carbocycles. The van der Waals surface area contributed by atoms with Crippen molar-refractivity contribution in [3.05, 3.63) is 0 Å². The predicted octanol–water partition coefficient (Wildman–Crippen LogP) is 2.83. The number of hydrogen-bond acceptors (Lipinski definition) is 2. The third-order valence-electron chi connectivity index (χ3n) is 3.20. The molecule has 2 saturated carbocycles. The molecule has 3 nitrogen and oxygen atoms in total. The molecule has 4 heteroatoms. The van der Waals surface area contributed by atoms with Crippen molar-refractivity contribution >= 4 is 28.7 Å². The van der Waals surface area contributed by atoms with Crippen LogP contribution in [0.2, 0.25) is 0 Å². The first-order valence-corrected chi connectivity index (χ1v) is 6.45. The fourth-order valence-electron chi connectivity index (χ4n) is 2.23. The second kappa shape index (κ2) is 3.87. The number of carbonyl (C=O) groups is 1. The molecule has 0 heterocycles. The van der Waals surface area contributed by atoms with Crippen molar-refractivity contribution in [1.82, 2.24) is 5.32 Å². The van der Waals surface area contributed by atoms with Gasteiger partial charge in [-0.2, -0.15) is 0 Å². The van der Waals surface area contributed by atoms with Crippen molar-refractivity contribution < 1.29 is 9.53 Å². The van der Waals surface area contributed by atoms with Gasteiger partial charge in [0.2, 0.25) is 0 Å². The molecule has 0 bridgehead atoms. The minimum atomic E-state index is -0.255. The van der Waals surface area contributed by atoms with Crippen molar-refractivity contribution in [2.45, 2.75) is 49.2 Å². The van der Waals surface area contributed by atoms with Crippen LogP contribution in [0.4, 0.5) is 4.79 Å². The number of alkyl halides is 1. The van der Waals surface area contributed by atoms with Crippen LogP contribution in [0, 0.1) is 5.41 Å². The molecular formula is C10H16INO2. The number of nitrogens with one attached hydrogen (secondary N) is 1. The molecule has 0 aromatic carbocycles. The van der Waals surface area contributed by atoms with Crippen LogP contribution >= 0.6 is 22.6 Å². The average molecular weight is 309 g/mol. The Morgan fingerprint density at radius 1 is 1.57 bits per heavy atom. The smallest absolute Gasteiger partial charge is 0.408 e. The van der Waals surface area contributed by atoms with Crippen LogP contribution in [0.5, 0.6) is 0 Å². The molecule has 2 aliphatic rings. The van der Waals surface area contributed by atoms with Crippen LogP contribution in [0.15, 0.2) is 0 Å². The minimum absolute atomic E-state index is 0.136.